The first-order chi connectivity index (χ1) is 7.82. The van der Waals surface area contributed by atoms with Gasteiger partial charge in [-0.15, -0.1) is 11.6 Å². The number of carboxylic acids is 1. The topological polar surface area (TPSA) is 74.6 Å². The number of alkyl halides is 1. The Bertz CT molecular complexity index is 423. The van der Waals surface area contributed by atoms with Crippen LogP contribution in [0.3, 0.4) is 0 Å². The molecule has 0 saturated heterocycles. The van der Waals surface area contributed by atoms with E-state index in [4.69, 9.17) is 16.7 Å². The van der Waals surface area contributed by atoms with Crippen molar-refractivity contribution in [1.29, 1.82) is 0 Å². The summed E-state index contributed by atoms with van der Waals surface area (Å²) in [6.45, 7) is 1.35. The van der Waals surface area contributed by atoms with E-state index in [-0.39, 0.29) is 11.3 Å². The van der Waals surface area contributed by atoms with Crippen LogP contribution in [0.2, 0.25) is 0 Å². The molecule has 2 N–H and O–H groups in total. The standard InChI is InChI=1S/C11H10ClIO4/c1-5(14)9(12)6-2-7(4-8(13)3-6)10(15)11(16)17/h2-4,9-10,15H,1H3,(H,16,17). The van der Waals surface area contributed by atoms with E-state index >= 15 is 0 Å². The van der Waals surface area contributed by atoms with Crippen LogP contribution in [0.25, 0.3) is 0 Å². The fourth-order valence-corrected chi connectivity index (χ4v) is 2.16. The van der Waals surface area contributed by atoms with Crippen molar-refractivity contribution in [3.05, 3.63) is 32.9 Å². The average molecular weight is 369 g/mol. The van der Waals surface area contributed by atoms with Crippen molar-refractivity contribution in [2.45, 2.75) is 18.4 Å². The van der Waals surface area contributed by atoms with Crippen LogP contribution in [-0.4, -0.2) is 22.0 Å². The molecule has 0 aliphatic heterocycles. The van der Waals surface area contributed by atoms with Gasteiger partial charge in [0.25, 0.3) is 0 Å². The molecule has 0 fully saturated rings. The highest BCUT2D eigenvalue weighted by molar-refractivity contribution is 14.1. The number of carbonyl (C=O) groups is 2. The molecule has 2 unspecified atom stereocenters. The summed E-state index contributed by atoms with van der Waals surface area (Å²) in [5.74, 6) is -1.57. The van der Waals surface area contributed by atoms with E-state index in [1.165, 1.54) is 19.1 Å². The molecule has 1 aromatic carbocycles. The summed E-state index contributed by atoms with van der Waals surface area (Å²) >= 11 is 7.86. The summed E-state index contributed by atoms with van der Waals surface area (Å²) in [5, 5.41) is 17.3. The molecule has 4 nitrogen and oxygen atoms in total. The maximum atomic E-state index is 11.2. The lowest BCUT2D eigenvalue weighted by atomic mass is 10.0. The van der Waals surface area contributed by atoms with Crippen molar-refractivity contribution < 1.29 is 19.8 Å². The number of halogens is 2. The van der Waals surface area contributed by atoms with Gasteiger partial charge < -0.3 is 10.2 Å². The van der Waals surface area contributed by atoms with E-state index in [1.807, 2.05) is 22.6 Å². The molecule has 0 bridgehead atoms. The lowest BCUT2D eigenvalue weighted by Crippen LogP contribution is -2.12. The first-order valence-corrected chi connectivity index (χ1v) is 6.20. The van der Waals surface area contributed by atoms with Crippen LogP contribution >= 0.6 is 34.2 Å². The Balaban J connectivity index is 3.19. The largest absolute Gasteiger partial charge is 0.479 e. The van der Waals surface area contributed by atoms with Gasteiger partial charge in [-0.05, 0) is 52.8 Å². The van der Waals surface area contributed by atoms with E-state index in [0.29, 0.717) is 9.13 Å². The van der Waals surface area contributed by atoms with Crippen molar-refractivity contribution in [3.63, 3.8) is 0 Å². The third kappa shape index (κ3) is 3.65. The average Bonchev–Trinajstić information content (AvgIpc) is 2.25. The molecule has 0 amide bonds. The summed E-state index contributed by atoms with van der Waals surface area (Å²) in [4.78, 5) is 21.8. The van der Waals surface area contributed by atoms with Gasteiger partial charge in [0.05, 0.1) is 0 Å². The normalized spacial score (nSPS) is 14.1. The first kappa shape index (κ1) is 14.4. The minimum Gasteiger partial charge on any atom is -0.479 e. The molecule has 92 valence electrons. The van der Waals surface area contributed by atoms with Crippen LogP contribution < -0.4 is 0 Å². The number of hydrogen-bond donors (Lipinski definition) is 2. The molecule has 6 heteroatoms. The number of carbonyl (C=O) groups excluding carboxylic acids is 1. The number of aliphatic carboxylic acids is 1. The van der Waals surface area contributed by atoms with Gasteiger partial charge in [-0.2, -0.15) is 0 Å². The fourth-order valence-electron chi connectivity index (χ4n) is 1.32. The molecule has 0 spiro atoms. The number of aliphatic hydroxyl groups is 1. The van der Waals surface area contributed by atoms with Gasteiger partial charge in [0.1, 0.15) is 5.38 Å². The Labute approximate surface area is 117 Å². The van der Waals surface area contributed by atoms with Crippen LogP contribution in [0.4, 0.5) is 0 Å². The molecule has 0 aliphatic rings. The molecular formula is C11H10ClIO4. The SMILES string of the molecule is CC(=O)C(Cl)c1cc(I)cc(C(O)C(=O)O)c1. The van der Waals surface area contributed by atoms with Crippen molar-refractivity contribution >= 4 is 45.9 Å². The molecule has 0 aromatic heterocycles. The second-order valence-electron chi connectivity index (χ2n) is 3.53. The molecule has 2 atom stereocenters. The zero-order valence-corrected chi connectivity index (χ0v) is 11.8. The Hall–Kier alpha value is -0.660. The van der Waals surface area contributed by atoms with Gasteiger partial charge in [0.2, 0.25) is 0 Å². The lowest BCUT2D eigenvalue weighted by Gasteiger charge is -2.11. The molecule has 0 saturated carbocycles. The minimum absolute atomic E-state index is 0.214. The van der Waals surface area contributed by atoms with Crippen LogP contribution in [0, 0.1) is 3.57 Å². The number of Topliss-reactive ketones (excluding diaryl/α,β-unsaturated/α-hetero) is 1. The van der Waals surface area contributed by atoms with Crippen LogP contribution in [0.15, 0.2) is 18.2 Å². The predicted octanol–water partition coefficient (Wildman–Crippen LogP) is 2.28. The van der Waals surface area contributed by atoms with Gasteiger partial charge in [-0.25, -0.2) is 4.79 Å². The predicted molar refractivity (Wildman–Crippen MR) is 71.0 cm³/mol. The van der Waals surface area contributed by atoms with E-state index in [2.05, 4.69) is 0 Å². The number of rotatable bonds is 4. The van der Waals surface area contributed by atoms with Crippen molar-refractivity contribution in [2.75, 3.05) is 0 Å². The molecule has 1 rings (SSSR count). The van der Waals surface area contributed by atoms with Gasteiger partial charge in [-0.1, -0.05) is 6.07 Å². The second kappa shape index (κ2) is 5.79. The highest BCUT2D eigenvalue weighted by Crippen LogP contribution is 2.27. The molecule has 0 heterocycles. The summed E-state index contributed by atoms with van der Waals surface area (Å²) in [5.41, 5.74) is 0.702. The number of ketones is 1. The van der Waals surface area contributed by atoms with Crippen LogP contribution in [-0.2, 0) is 9.59 Å². The number of aliphatic hydroxyl groups excluding tert-OH is 1. The molecular weight excluding hydrogens is 358 g/mol. The van der Waals surface area contributed by atoms with Gasteiger partial charge in [0.15, 0.2) is 11.9 Å². The second-order valence-corrected chi connectivity index (χ2v) is 5.21. The fraction of sp³-hybridized carbons (Fsp3) is 0.273. The first-order valence-electron chi connectivity index (χ1n) is 4.68. The van der Waals surface area contributed by atoms with E-state index in [1.54, 1.807) is 6.07 Å². The van der Waals surface area contributed by atoms with Crippen LogP contribution in [0.1, 0.15) is 29.5 Å². The van der Waals surface area contributed by atoms with Gasteiger partial charge in [0, 0.05) is 3.57 Å². The highest BCUT2D eigenvalue weighted by atomic mass is 127. The van der Waals surface area contributed by atoms with E-state index in [9.17, 15) is 14.7 Å². The zero-order valence-electron chi connectivity index (χ0n) is 8.85. The number of carboxylic acid groups (broad SMARTS) is 1. The number of benzene rings is 1. The Morgan fingerprint density at radius 3 is 2.29 bits per heavy atom. The summed E-state index contributed by atoms with van der Waals surface area (Å²) in [6, 6.07) is 4.64. The molecule has 17 heavy (non-hydrogen) atoms. The minimum atomic E-state index is -1.61. The van der Waals surface area contributed by atoms with Crippen molar-refractivity contribution in [2.24, 2.45) is 0 Å². The highest BCUT2D eigenvalue weighted by Gasteiger charge is 2.20. The third-order valence-electron chi connectivity index (χ3n) is 2.14. The Morgan fingerprint density at radius 2 is 1.82 bits per heavy atom. The van der Waals surface area contributed by atoms with Gasteiger partial charge in [-0.3, -0.25) is 4.79 Å². The lowest BCUT2D eigenvalue weighted by molar-refractivity contribution is -0.146. The maximum Gasteiger partial charge on any atom is 0.337 e. The van der Waals surface area contributed by atoms with Crippen LogP contribution in [0.5, 0.6) is 0 Å². The molecule has 0 aliphatic carbocycles. The van der Waals surface area contributed by atoms with Gasteiger partial charge >= 0.3 is 5.97 Å². The molecule has 0 radical (unpaired) electrons. The zero-order chi connectivity index (χ0) is 13.2. The summed E-state index contributed by atoms with van der Waals surface area (Å²) in [7, 11) is 0. The van der Waals surface area contributed by atoms with E-state index in [0.717, 1.165) is 0 Å². The summed E-state index contributed by atoms with van der Waals surface area (Å²) in [6.07, 6.45) is -1.61. The third-order valence-corrected chi connectivity index (χ3v) is 3.32. The quantitative estimate of drug-likeness (QED) is 0.632. The van der Waals surface area contributed by atoms with E-state index < -0.39 is 17.5 Å². The Kier molecular flexibility index (Phi) is 4.91. The molecule has 1 aromatic rings. The smallest absolute Gasteiger partial charge is 0.337 e. The Morgan fingerprint density at radius 1 is 1.29 bits per heavy atom. The van der Waals surface area contributed by atoms with Crippen molar-refractivity contribution in [3.8, 4) is 0 Å². The maximum absolute atomic E-state index is 11.2. The summed E-state index contributed by atoms with van der Waals surface area (Å²) < 4.78 is 0.710. The van der Waals surface area contributed by atoms with Crippen molar-refractivity contribution in [1.82, 2.24) is 0 Å². The monoisotopic (exact) mass is 368 g/mol. The number of hydrogen-bond acceptors (Lipinski definition) is 3.